The number of rotatable bonds is 6. The second-order valence-corrected chi connectivity index (χ2v) is 5.75. The standard InChI is InChI=1S/C16H25N3O/c17-13-14-1-3-15(4-2-14)19(16-5-6-16)8-7-18-9-11-20-12-10-18/h1-4,16H,5-13,17H2. The fourth-order valence-electron chi connectivity index (χ4n) is 2.81. The molecule has 2 fully saturated rings. The molecule has 3 rings (SSSR count). The van der Waals surface area contributed by atoms with Gasteiger partial charge in [-0.15, -0.1) is 0 Å². The van der Waals surface area contributed by atoms with Gasteiger partial charge in [0.15, 0.2) is 0 Å². The van der Waals surface area contributed by atoms with Crippen LogP contribution in [0.15, 0.2) is 24.3 Å². The van der Waals surface area contributed by atoms with Crippen molar-refractivity contribution in [2.75, 3.05) is 44.3 Å². The van der Waals surface area contributed by atoms with Crippen molar-refractivity contribution in [2.24, 2.45) is 5.73 Å². The molecule has 1 saturated heterocycles. The van der Waals surface area contributed by atoms with Crippen molar-refractivity contribution < 1.29 is 4.74 Å². The molecule has 2 aliphatic rings. The second-order valence-electron chi connectivity index (χ2n) is 5.75. The molecule has 1 heterocycles. The van der Waals surface area contributed by atoms with Gasteiger partial charge in [-0.2, -0.15) is 0 Å². The van der Waals surface area contributed by atoms with Gasteiger partial charge in [0.25, 0.3) is 0 Å². The van der Waals surface area contributed by atoms with Crippen LogP contribution in [0.3, 0.4) is 0 Å². The summed E-state index contributed by atoms with van der Waals surface area (Å²) < 4.78 is 5.41. The van der Waals surface area contributed by atoms with Gasteiger partial charge in [0, 0.05) is 44.5 Å². The highest BCUT2D eigenvalue weighted by Crippen LogP contribution is 2.31. The molecular weight excluding hydrogens is 250 g/mol. The fourth-order valence-corrected chi connectivity index (χ4v) is 2.81. The topological polar surface area (TPSA) is 41.7 Å². The SMILES string of the molecule is NCc1ccc(N(CCN2CCOCC2)C2CC2)cc1. The lowest BCUT2D eigenvalue weighted by molar-refractivity contribution is 0.0391. The lowest BCUT2D eigenvalue weighted by atomic mass is 10.2. The minimum atomic E-state index is 0.623. The maximum Gasteiger partial charge on any atom is 0.0594 e. The molecule has 0 radical (unpaired) electrons. The lowest BCUT2D eigenvalue weighted by Gasteiger charge is -2.31. The van der Waals surface area contributed by atoms with Crippen LogP contribution in [0.5, 0.6) is 0 Å². The highest BCUT2D eigenvalue weighted by molar-refractivity contribution is 5.49. The second kappa shape index (κ2) is 6.57. The lowest BCUT2D eigenvalue weighted by Crippen LogP contribution is -2.42. The summed E-state index contributed by atoms with van der Waals surface area (Å²) in [6.45, 7) is 6.79. The third-order valence-electron chi connectivity index (χ3n) is 4.25. The molecule has 1 aliphatic heterocycles. The van der Waals surface area contributed by atoms with Crippen LogP contribution >= 0.6 is 0 Å². The molecule has 20 heavy (non-hydrogen) atoms. The minimum absolute atomic E-state index is 0.623. The zero-order valence-electron chi connectivity index (χ0n) is 12.1. The molecule has 0 unspecified atom stereocenters. The Balaban J connectivity index is 1.59. The normalized spacial score (nSPS) is 20.1. The summed E-state index contributed by atoms with van der Waals surface area (Å²) in [5.41, 5.74) is 8.22. The fraction of sp³-hybridized carbons (Fsp3) is 0.625. The third-order valence-corrected chi connectivity index (χ3v) is 4.25. The van der Waals surface area contributed by atoms with E-state index in [4.69, 9.17) is 10.5 Å². The summed E-state index contributed by atoms with van der Waals surface area (Å²) in [6, 6.07) is 9.50. The molecule has 0 amide bonds. The Morgan fingerprint density at radius 3 is 2.45 bits per heavy atom. The first-order valence-corrected chi connectivity index (χ1v) is 7.72. The predicted octanol–water partition coefficient (Wildman–Crippen LogP) is 1.45. The van der Waals surface area contributed by atoms with Crippen LogP contribution in [-0.4, -0.2) is 50.3 Å². The van der Waals surface area contributed by atoms with Crippen molar-refractivity contribution >= 4 is 5.69 Å². The first-order valence-electron chi connectivity index (χ1n) is 7.72. The van der Waals surface area contributed by atoms with E-state index in [1.54, 1.807) is 0 Å². The number of ether oxygens (including phenoxy) is 1. The zero-order valence-corrected chi connectivity index (χ0v) is 12.1. The molecular formula is C16H25N3O. The molecule has 0 atom stereocenters. The van der Waals surface area contributed by atoms with Crippen LogP contribution in [0, 0.1) is 0 Å². The van der Waals surface area contributed by atoms with E-state index in [2.05, 4.69) is 34.1 Å². The van der Waals surface area contributed by atoms with Crippen molar-refractivity contribution in [3.8, 4) is 0 Å². The molecule has 1 aromatic rings. The Hall–Kier alpha value is -1.10. The molecule has 2 N–H and O–H groups in total. The van der Waals surface area contributed by atoms with Crippen molar-refractivity contribution in [1.82, 2.24) is 4.90 Å². The van der Waals surface area contributed by atoms with Crippen LogP contribution < -0.4 is 10.6 Å². The minimum Gasteiger partial charge on any atom is -0.379 e. The summed E-state index contributed by atoms with van der Waals surface area (Å²) in [6.07, 6.45) is 2.67. The Labute approximate surface area is 121 Å². The molecule has 4 nitrogen and oxygen atoms in total. The summed E-state index contributed by atoms with van der Waals surface area (Å²) in [5.74, 6) is 0. The Bertz CT molecular complexity index is 410. The number of benzene rings is 1. The molecule has 0 spiro atoms. The van der Waals surface area contributed by atoms with E-state index in [-0.39, 0.29) is 0 Å². The number of hydrogen-bond acceptors (Lipinski definition) is 4. The van der Waals surface area contributed by atoms with Crippen molar-refractivity contribution in [3.63, 3.8) is 0 Å². The van der Waals surface area contributed by atoms with E-state index in [0.29, 0.717) is 6.54 Å². The van der Waals surface area contributed by atoms with Crippen molar-refractivity contribution in [3.05, 3.63) is 29.8 Å². The first-order chi connectivity index (χ1) is 9.86. The van der Waals surface area contributed by atoms with Crippen molar-refractivity contribution in [1.29, 1.82) is 0 Å². The van der Waals surface area contributed by atoms with E-state index in [9.17, 15) is 0 Å². The van der Waals surface area contributed by atoms with E-state index < -0.39 is 0 Å². The predicted molar refractivity (Wildman–Crippen MR) is 82.0 cm³/mol. The van der Waals surface area contributed by atoms with Crippen LogP contribution in [0.25, 0.3) is 0 Å². The van der Waals surface area contributed by atoms with Crippen LogP contribution in [-0.2, 0) is 11.3 Å². The van der Waals surface area contributed by atoms with Gasteiger partial charge in [0.2, 0.25) is 0 Å². The van der Waals surface area contributed by atoms with Crippen LogP contribution in [0.2, 0.25) is 0 Å². The molecule has 0 aromatic heterocycles. The van der Waals surface area contributed by atoms with Gasteiger partial charge in [0.1, 0.15) is 0 Å². The van der Waals surface area contributed by atoms with Gasteiger partial charge >= 0.3 is 0 Å². The van der Waals surface area contributed by atoms with Gasteiger partial charge in [-0.05, 0) is 30.5 Å². The van der Waals surface area contributed by atoms with Crippen molar-refractivity contribution in [2.45, 2.75) is 25.4 Å². The summed E-state index contributed by atoms with van der Waals surface area (Å²) in [4.78, 5) is 5.07. The number of anilines is 1. The highest BCUT2D eigenvalue weighted by Gasteiger charge is 2.29. The highest BCUT2D eigenvalue weighted by atomic mass is 16.5. The van der Waals surface area contributed by atoms with Crippen LogP contribution in [0.1, 0.15) is 18.4 Å². The van der Waals surface area contributed by atoms with Gasteiger partial charge in [-0.1, -0.05) is 12.1 Å². The van der Waals surface area contributed by atoms with Gasteiger partial charge in [0.05, 0.1) is 13.2 Å². The molecule has 1 aromatic carbocycles. The van der Waals surface area contributed by atoms with Gasteiger partial charge < -0.3 is 15.4 Å². The first kappa shape index (κ1) is 13.9. The quantitative estimate of drug-likeness (QED) is 0.853. The Kier molecular flexibility index (Phi) is 4.55. The maximum absolute atomic E-state index is 5.67. The van der Waals surface area contributed by atoms with E-state index >= 15 is 0 Å². The summed E-state index contributed by atoms with van der Waals surface area (Å²) in [5, 5.41) is 0. The number of morpholine rings is 1. The summed E-state index contributed by atoms with van der Waals surface area (Å²) in [7, 11) is 0. The molecule has 1 saturated carbocycles. The molecule has 0 bridgehead atoms. The summed E-state index contributed by atoms with van der Waals surface area (Å²) >= 11 is 0. The Morgan fingerprint density at radius 2 is 1.85 bits per heavy atom. The number of hydrogen-bond donors (Lipinski definition) is 1. The average Bonchev–Trinajstić information content (AvgIpc) is 3.34. The molecule has 1 aliphatic carbocycles. The Morgan fingerprint density at radius 1 is 1.15 bits per heavy atom. The smallest absolute Gasteiger partial charge is 0.0594 e. The number of nitrogens with zero attached hydrogens (tertiary/aromatic N) is 2. The van der Waals surface area contributed by atoms with Gasteiger partial charge in [-0.3, -0.25) is 4.90 Å². The molecule has 4 heteroatoms. The van der Waals surface area contributed by atoms with Gasteiger partial charge in [-0.25, -0.2) is 0 Å². The average molecular weight is 275 g/mol. The molecule has 110 valence electrons. The third kappa shape index (κ3) is 3.51. The zero-order chi connectivity index (χ0) is 13.8. The largest absolute Gasteiger partial charge is 0.379 e. The van der Waals surface area contributed by atoms with E-state index in [1.165, 1.54) is 24.1 Å². The van der Waals surface area contributed by atoms with Crippen LogP contribution in [0.4, 0.5) is 5.69 Å². The monoisotopic (exact) mass is 275 g/mol. The van der Waals surface area contributed by atoms with E-state index in [1.807, 2.05) is 0 Å². The number of nitrogens with two attached hydrogens (primary N) is 1. The van der Waals surface area contributed by atoms with E-state index in [0.717, 1.165) is 45.4 Å². The maximum atomic E-state index is 5.67.